The molecular weight excluding hydrogens is 280 g/mol. The Morgan fingerprint density at radius 1 is 1.10 bits per heavy atom. The van der Waals surface area contributed by atoms with Crippen molar-refractivity contribution in [2.75, 3.05) is 34.2 Å². The van der Waals surface area contributed by atoms with Crippen LogP contribution < -0.4 is 10.8 Å². The number of hydrogen-bond donors (Lipinski definition) is 2. The molecule has 1 aliphatic rings. The van der Waals surface area contributed by atoms with Crippen LogP contribution in [0.2, 0.25) is 0 Å². The van der Waals surface area contributed by atoms with E-state index in [1.165, 1.54) is 24.3 Å². The second-order valence-corrected chi connectivity index (χ2v) is 4.89. The number of carboxylic acids is 2. The number of carbonyl (C=O) groups is 4. The van der Waals surface area contributed by atoms with Gasteiger partial charge >= 0.3 is 5.97 Å². The van der Waals surface area contributed by atoms with Gasteiger partial charge in [-0.15, -0.1) is 0 Å². The summed E-state index contributed by atoms with van der Waals surface area (Å²) in [6.07, 6.45) is 5.01. The molecule has 0 aromatic rings. The molecule has 0 aromatic carbocycles. The van der Waals surface area contributed by atoms with Crippen LogP contribution in [0.3, 0.4) is 0 Å². The third-order valence-corrected chi connectivity index (χ3v) is 1.60. The van der Waals surface area contributed by atoms with E-state index in [2.05, 4.69) is 5.73 Å². The molecule has 0 aromatic heterocycles. The zero-order valence-electron chi connectivity index (χ0n) is 12.2. The molecule has 1 aliphatic carbocycles. The summed E-state index contributed by atoms with van der Waals surface area (Å²) in [4.78, 5) is 39.7. The number of ketones is 2. The van der Waals surface area contributed by atoms with E-state index < -0.39 is 11.9 Å². The molecule has 0 bridgehead atoms. The van der Waals surface area contributed by atoms with Crippen LogP contribution in [0.1, 0.15) is 0 Å². The van der Waals surface area contributed by atoms with Crippen molar-refractivity contribution < 1.29 is 33.9 Å². The Morgan fingerprint density at radius 2 is 1.38 bits per heavy atom. The molecule has 0 saturated carbocycles. The number of nitrogens with two attached hydrogens (primary N) is 1. The van der Waals surface area contributed by atoms with Gasteiger partial charge in [-0.25, -0.2) is 0 Å². The van der Waals surface area contributed by atoms with Crippen molar-refractivity contribution in [1.82, 2.24) is 0 Å². The largest absolute Gasteiger partial charge is 0.544 e. The average molecular weight is 300 g/mol. The Kier molecular flexibility index (Phi) is 10.5. The standard InChI is InChI=1S/C6H4O2.C5H11NO2.C2H5NO2/c7-5-1-2-6(8)4-3-5;1-6(2,3)4-5(7)8;3-1-2(4)5/h1-4H;4H2,1-3H3;1,3H2,(H,4,5). The van der Waals surface area contributed by atoms with E-state index in [4.69, 9.17) is 5.11 Å². The monoisotopic (exact) mass is 300 g/mol. The zero-order chi connectivity index (χ0) is 17.1. The Labute approximate surface area is 122 Å². The Balaban J connectivity index is 0. The molecule has 0 radical (unpaired) electrons. The summed E-state index contributed by atoms with van der Waals surface area (Å²) in [6, 6.07) is 0. The molecule has 0 heterocycles. The van der Waals surface area contributed by atoms with Gasteiger partial charge in [0.05, 0.1) is 33.7 Å². The second-order valence-electron chi connectivity index (χ2n) is 4.89. The summed E-state index contributed by atoms with van der Waals surface area (Å²) in [6.45, 7) is -0.208. The van der Waals surface area contributed by atoms with Gasteiger partial charge in [0.25, 0.3) is 0 Å². The van der Waals surface area contributed by atoms with E-state index >= 15 is 0 Å². The van der Waals surface area contributed by atoms with E-state index in [0.29, 0.717) is 4.48 Å². The first-order chi connectivity index (χ1) is 9.47. The van der Waals surface area contributed by atoms with Crippen LogP contribution in [-0.2, 0) is 19.2 Å². The molecule has 0 aliphatic heterocycles. The van der Waals surface area contributed by atoms with E-state index in [1.54, 1.807) is 21.1 Å². The molecule has 0 atom stereocenters. The number of nitrogens with zero attached hydrogens (tertiary/aromatic N) is 1. The lowest BCUT2D eigenvalue weighted by molar-refractivity contribution is -0.864. The van der Waals surface area contributed by atoms with Crippen molar-refractivity contribution in [3.05, 3.63) is 24.3 Å². The van der Waals surface area contributed by atoms with Gasteiger partial charge in [-0.2, -0.15) is 0 Å². The van der Waals surface area contributed by atoms with E-state index in [9.17, 15) is 24.3 Å². The maximum atomic E-state index is 10.3. The van der Waals surface area contributed by atoms with Crippen molar-refractivity contribution in [2.45, 2.75) is 0 Å². The third kappa shape index (κ3) is 20.2. The van der Waals surface area contributed by atoms with Crippen molar-refractivity contribution in [3.63, 3.8) is 0 Å². The quantitative estimate of drug-likeness (QED) is 0.442. The fourth-order valence-electron chi connectivity index (χ4n) is 0.827. The highest BCUT2D eigenvalue weighted by Crippen LogP contribution is 1.90. The van der Waals surface area contributed by atoms with Crippen LogP contribution >= 0.6 is 0 Å². The second kappa shape index (κ2) is 10.5. The van der Waals surface area contributed by atoms with Gasteiger partial charge in [0, 0.05) is 0 Å². The summed E-state index contributed by atoms with van der Waals surface area (Å²) in [5, 5.41) is 17.5. The van der Waals surface area contributed by atoms with Crippen LogP contribution in [0.15, 0.2) is 24.3 Å². The molecule has 0 saturated heterocycles. The van der Waals surface area contributed by atoms with Gasteiger partial charge in [0.2, 0.25) is 0 Å². The third-order valence-electron chi connectivity index (χ3n) is 1.60. The predicted molar refractivity (Wildman–Crippen MR) is 72.9 cm³/mol. The first kappa shape index (κ1) is 21.0. The fraction of sp³-hybridized carbons (Fsp3) is 0.385. The lowest BCUT2D eigenvalue weighted by Gasteiger charge is -2.23. The summed E-state index contributed by atoms with van der Waals surface area (Å²) >= 11 is 0. The van der Waals surface area contributed by atoms with Gasteiger partial charge in [-0.1, -0.05) is 0 Å². The number of rotatable bonds is 3. The number of likely N-dealkylation sites (N-methyl/N-ethyl adjacent to an activating group) is 1. The molecule has 0 spiro atoms. The molecule has 8 nitrogen and oxygen atoms in total. The molecule has 21 heavy (non-hydrogen) atoms. The topological polar surface area (TPSA) is 138 Å². The summed E-state index contributed by atoms with van der Waals surface area (Å²) in [5.41, 5.74) is 4.57. The number of allylic oxidation sites excluding steroid dienone is 4. The maximum Gasteiger partial charge on any atom is 0.317 e. The van der Waals surface area contributed by atoms with Gasteiger partial charge in [0.15, 0.2) is 11.6 Å². The molecule has 8 heteroatoms. The van der Waals surface area contributed by atoms with Crippen molar-refractivity contribution in [3.8, 4) is 0 Å². The lowest BCUT2D eigenvalue weighted by Crippen LogP contribution is -2.45. The van der Waals surface area contributed by atoms with E-state index in [0.717, 1.165) is 0 Å². The predicted octanol–water partition coefficient (Wildman–Crippen LogP) is -2.28. The van der Waals surface area contributed by atoms with Crippen molar-refractivity contribution >= 4 is 23.5 Å². The molecular formula is C13H20N2O6. The van der Waals surface area contributed by atoms with Gasteiger partial charge in [0.1, 0.15) is 6.54 Å². The normalized spacial score (nSPS) is 12.8. The molecule has 0 fully saturated rings. The minimum atomic E-state index is -1.00. The fourth-order valence-corrected chi connectivity index (χ4v) is 0.827. The van der Waals surface area contributed by atoms with Gasteiger partial charge in [-0.05, 0) is 24.3 Å². The zero-order valence-corrected chi connectivity index (χ0v) is 12.2. The van der Waals surface area contributed by atoms with Crippen LogP contribution in [0.25, 0.3) is 0 Å². The smallest absolute Gasteiger partial charge is 0.317 e. The number of quaternary nitrogens is 1. The Bertz CT molecular complexity index is 408. The minimum Gasteiger partial charge on any atom is -0.544 e. The van der Waals surface area contributed by atoms with Crippen LogP contribution in [0.5, 0.6) is 0 Å². The first-order valence-corrected chi connectivity index (χ1v) is 5.84. The molecule has 3 N–H and O–H groups in total. The SMILES string of the molecule is C[N+](C)(C)CC(=O)[O-].NCC(=O)O.O=C1C=CC(=O)C=C1. The Hall–Kier alpha value is -2.32. The summed E-state index contributed by atoms with van der Waals surface area (Å²) in [5.74, 6) is -2.21. The highest BCUT2D eigenvalue weighted by atomic mass is 16.4. The van der Waals surface area contributed by atoms with Gasteiger partial charge in [-0.3, -0.25) is 14.4 Å². The number of carbonyl (C=O) groups excluding carboxylic acids is 3. The minimum absolute atomic E-state index is 0.0694. The molecule has 0 amide bonds. The van der Waals surface area contributed by atoms with E-state index in [-0.39, 0.29) is 24.7 Å². The highest BCUT2D eigenvalue weighted by molar-refractivity contribution is 6.14. The van der Waals surface area contributed by atoms with Gasteiger partial charge < -0.3 is 25.2 Å². The number of carboxylic acid groups (broad SMARTS) is 2. The van der Waals surface area contributed by atoms with Crippen molar-refractivity contribution in [1.29, 1.82) is 0 Å². The summed E-state index contributed by atoms with van der Waals surface area (Å²) < 4.78 is 0.419. The molecule has 0 unspecified atom stereocenters. The maximum absolute atomic E-state index is 10.3. The molecule has 1 rings (SSSR count). The first-order valence-electron chi connectivity index (χ1n) is 5.84. The van der Waals surface area contributed by atoms with Crippen LogP contribution in [0.4, 0.5) is 0 Å². The molecule has 118 valence electrons. The lowest BCUT2D eigenvalue weighted by atomic mass is 10.2. The number of aliphatic carboxylic acids is 2. The average Bonchev–Trinajstić information content (AvgIpc) is 2.31. The van der Waals surface area contributed by atoms with Crippen LogP contribution in [0, 0.1) is 0 Å². The summed E-state index contributed by atoms with van der Waals surface area (Å²) in [7, 11) is 5.40. The Morgan fingerprint density at radius 3 is 1.48 bits per heavy atom. The van der Waals surface area contributed by atoms with Crippen molar-refractivity contribution in [2.24, 2.45) is 5.73 Å². The number of hydrogen-bond acceptors (Lipinski definition) is 6. The van der Waals surface area contributed by atoms with E-state index in [1.807, 2.05) is 0 Å². The highest BCUT2D eigenvalue weighted by Gasteiger charge is 2.04. The van der Waals surface area contributed by atoms with Crippen LogP contribution in [-0.4, -0.2) is 67.3 Å².